The van der Waals surface area contributed by atoms with E-state index in [0.717, 1.165) is 18.6 Å². The third kappa shape index (κ3) is 4.36. The van der Waals surface area contributed by atoms with E-state index >= 15 is 0 Å². The van der Waals surface area contributed by atoms with Gasteiger partial charge >= 0.3 is 0 Å². The van der Waals surface area contributed by atoms with E-state index in [2.05, 4.69) is 17.3 Å². The van der Waals surface area contributed by atoms with Crippen LogP contribution >= 0.6 is 0 Å². The first kappa shape index (κ1) is 18.3. The molecule has 0 unspecified atom stereocenters. The van der Waals surface area contributed by atoms with Gasteiger partial charge in [0.15, 0.2) is 5.76 Å². The summed E-state index contributed by atoms with van der Waals surface area (Å²) >= 11 is 0. The van der Waals surface area contributed by atoms with Crippen molar-refractivity contribution in [1.29, 1.82) is 5.26 Å². The minimum Gasteiger partial charge on any atom is -0.486 e. The van der Waals surface area contributed by atoms with E-state index < -0.39 is 5.91 Å². The largest absolute Gasteiger partial charge is 0.486 e. The van der Waals surface area contributed by atoms with Gasteiger partial charge < -0.3 is 14.5 Å². The minimum absolute atomic E-state index is 0.136. The molecule has 0 saturated carbocycles. The molecule has 0 aliphatic carbocycles. The molecule has 138 valence electrons. The van der Waals surface area contributed by atoms with E-state index in [9.17, 15) is 4.79 Å². The lowest BCUT2D eigenvalue weighted by atomic mass is 10.1. The van der Waals surface area contributed by atoms with Crippen LogP contribution in [-0.4, -0.2) is 15.7 Å². The quantitative estimate of drug-likeness (QED) is 0.690. The molecule has 1 amide bonds. The molecular weight excluding hydrogens is 344 g/mol. The minimum atomic E-state index is -0.453. The zero-order valence-corrected chi connectivity index (χ0v) is 15.2. The molecule has 0 aliphatic rings. The van der Waals surface area contributed by atoms with Crippen molar-refractivity contribution >= 4 is 11.7 Å². The molecule has 7 nitrogen and oxygen atoms in total. The number of hydrogen-bond acceptors (Lipinski definition) is 5. The molecule has 1 N–H and O–H groups in total. The Morgan fingerprint density at radius 2 is 2.07 bits per heavy atom. The highest BCUT2D eigenvalue weighted by Crippen LogP contribution is 2.18. The lowest BCUT2D eigenvalue weighted by Gasteiger charge is -2.06. The number of amides is 1. The molecular formula is C20H20N4O3. The summed E-state index contributed by atoms with van der Waals surface area (Å²) in [6.07, 6.45) is 3.54. The van der Waals surface area contributed by atoms with Crippen molar-refractivity contribution in [3.8, 4) is 11.8 Å². The molecule has 0 fully saturated rings. The van der Waals surface area contributed by atoms with Gasteiger partial charge in [0.2, 0.25) is 0 Å². The predicted octanol–water partition coefficient (Wildman–Crippen LogP) is 3.67. The SMILES string of the molecule is CCCc1ccc(OCc2ccc(C(=O)Nc3c(C#N)cnn3C)o2)cc1. The number of carbonyl (C=O) groups excluding carboxylic acids is 1. The molecule has 0 atom stereocenters. The molecule has 0 spiro atoms. The van der Waals surface area contributed by atoms with E-state index in [0.29, 0.717) is 11.6 Å². The van der Waals surface area contributed by atoms with Crippen LogP contribution in [0.5, 0.6) is 5.75 Å². The molecule has 2 aromatic heterocycles. The highest BCUT2D eigenvalue weighted by atomic mass is 16.5. The Hall–Kier alpha value is -3.53. The van der Waals surface area contributed by atoms with Crippen LogP contribution < -0.4 is 10.1 Å². The van der Waals surface area contributed by atoms with Crippen LogP contribution in [0.2, 0.25) is 0 Å². The van der Waals surface area contributed by atoms with E-state index in [4.69, 9.17) is 14.4 Å². The standard InChI is InChI=1S/C20H20N4O3/c1-3-4-14-5-7-16(8-6-14)26-13-17-9-10-18(27-17)20(25)23-19-15(11-21)12-22-24(19)2/h5-10,12H,3-4,13H2,1-2H3,(H,23,25). The highest BCUT2D eigenvalue weighted by Gasteiger charge is 2.16. The van der Waals surface area contributed by atoms with Crippen LogP contribution in [0.1, 0.15) is 40.8 Å². The van der Waals surface area contributed by atoms with Gasteiger partial charge in [0.1, 0.15) is 35.6 Å². The van der Waals surface area contributed by atoms with Gasteiger partial charge in [-0.3, -0.25) is 9.48 Å². The average molecular weight is 364 g/mol. The fraction of sp³-hybridized carbons (Fsp3) is 0.250. The van der Waals surface area contributed by atoms with E-state index in [1.165, 1.54) is 16.4 Å². The second-order valence-corrected chi connectivity index (χ2v) is 6.04. The maximum absolute atomic E-state index is 12.3. The Morgan fingerprint density at radius 1 is 1.30 bits per heavy atom. The summed E-state index contributed by atoms with van der Waals surface area (Å²) in [4.78, 5) is 12.3. The number of ether oxygens (including phenoxy) is 1. The van der Waals surface area contributed by atoms with Gasteiger partial charge in [0.25, 0.3) is 5.91 Å². The van der Waals surface area contributed by atoms with Crippen LogP contribution in [0.25, 0.3) is 0 Å². The van der Waals surface area contributed by atoms with Gasteiger partial charge in [-0.1, -0.05) is 25.5 Å². The van der Waals surface area contributed by atoms with E-state index in [1.54, 1.807) is 19.2 Å². The molecule has 27 heavy (non-hydrogen) atoms. The lowest BCUT2D eigenvalue weighted by Crippen LogP contribution is -2.14. The van der Waals surface area contributed by atoms with Gasteiger partial charge in [0, 0.05) is 7.05 Å². The number of furan rings is 1. The summed E-state index contributed by atoms with van der Waals surface area (Å²) in [7, 11) is 1.64. The Kier molecular flexibility index (Phi) is 5.57. The number of anilines is 1. The summed E-state index contributed by atoms with van der Waals surface area (Å²) < 4.78 is 12.7. The van der Waals surface area contributed by atoms with Crippen LogP contribution in [0, 0.1) is 11.3 Å². The average Bonchev–Trinajstić information content (AvgIpc) is 3.29. The predicted molar refractivity (Wildman–Crippen MR) is 99.4 cm³/mol. The van der Waals surface area contributed by atoms with Crippen LogP contribution in [0.15, 0.2) is 47.0 Å². The van der Waals surface area contributed by atoms with Crippen molar-refractivity contribution < 1.29 is 13.9 Å². The molecule has 3 rings (SSSR count). The molecule has 3 aromatic rings. The number of aromatic nitrogens is 2. The molecule has 0 bridgehead atoms. The Morgan fingerprint density at radius 3 is 2.78 bits per heavy atom. The maximum atomic E-state index is 12.3. The summed E-state index contributed by atoms with van der Waals surface area (Å²) in [5.41, 5.74) is 1.56. The number of nitrogens with one attached hydrogen (secondary N) is 1. The fourth-order valence-corrected chi connectivity index (χ4v) is 2.61. The fourth-order valence-electron chi connectivity index (χ4n) is 2.61. The Labute approximate surface area is 157 Å². The monoisotopic (exact) mass is 364 g/mol. The van der Waals surface area contributed by atoms with E-state index in [-0.39, 0.29) is 17.9 Å². The molecule has 2 heterocycles. The Balaban J connectivity index is 1.60. The summed E-state index contributed by atoms with van der Waals surface area (Å²) in [5, 5.41) is 15.6. The number of aryl methyl sites for hydroxylation is 2. The number of benzene rings is 1. The Bertz CT molecular complexity index is 964. The summed E-state index contributed by atoms with van der Waals surface area (Å²) in [5.74, 6) is 1.28. The molecule has 0 saturated heterocycles. The lowest BCUT2D eigenvalue weighted by molar-refractivity contribution is 0.0991. The van der Waals surface area contributed by atoms with Gasteiger partial charge in [0.05, 0.1) is 6.20 Å². The highest BCUT2D eigenvalue weighted by molar-refractivity contribution is 6.02. The van der Waals surface area contributed by atoms with Crippen LogP contribution in [0.3, 0.4) is 0 Å². The van der Waals surface area contributed by atoms with Crippen LogP contribution in [-0.2, 0) is 20.1 Å². The van der Waals surface area contributed by atoms with Gasteiger partial charge in [-0.2, -0.15) is 10.4 Å². The number of carbonyl (C=O) groups is 1. The smallest absolute Gasteiger partial charge is 0.292 e. The first-order valence-corrected chi connectivity index (χ1v) is 8.64. The van der Waals surface area contributed by atoms with E-state index in [1.807, 2.05) is 30.3 Å². The van der Waals surface area contributed by atoms with Gasteiger partial charge in [-0.05, 0) is 36.2 Å². The molecule has 0 radical (unpaired) electrons. The molecule has 1 aromatic carbocycles. The van der Waals surface area contributed by atoms with Gasteiger partial charge in [-0.25, -0.2) is 0 Å². The molecule has 0 aliphatic heterocycles. The second kappa shape index (κ2) is 8.23. The van der Waals surface area contributed by atoms with Gasteiger partial charge in [-0.15, -0.1) is 0 Å². The zero-order valence-electron chi connectivity index (χ0n) is 15.2. The van der Waals surface area contributed by atoms with Crippen LogP contribution in [0.4, 0.5) is 5.82 Å². The number of rotatable bonds is 7. The summed E-state index contributed by atoms with van der Waals surface area (Å²) in [6.45, 7) is 2.36. The maximum Gasteiger partial charge on any atom is 0.292 e. The number of nitriles is 1. The number of hydrogen-bond donors (Lipinski definition) is 1. The number of nitrogens with zero attached hydrogens (tertiary/aromatic N) is 3. The first-order valence-electron chi connectivity index (χ1n) is 8.64. The third-order valence-electron chi connectivity index (χ3n) is 4.02. The normalized spacial score (nSPS) is 10.4. The van der Waals surface area contributed by atoms with Crippen molar-refractivity contribution in [3.05, 3.63) is 65.2 Å². The second-order valence-electron chi connectivity index (χ2n) is 6.04. The topological polar surface area (TPSA) is 93.1 Å². The summed E-state index contributed by atoms with van der Waals surface area (Å²) in [6, 6.07) is 13.2. The zero-order chi connectivity index (χ0) is 19.2. The molecule has 7 heteroatoms. The van der Waals surface area contributed by atoms with Crippen molar-refractivity contribution in [1.82, 2.24) is 9.78 Å². The van der Waals surface area contributed by atoms with Crippen molar-refractivity contribution in [2.45, 2.75) is 26.4 Å². The van der Waals surface area contributed by atoms with Crippen molar-refractivity contribution in [2.24, 2.45) is 7.05 Å². The first-order chi connectivity index (χ1) is 13.1. The third-order valence-corrected chi connectivity index (χ3v) is 4.02. The van der Waals surface area contributed by atoms with Crippen molar-refractivity contribution in [2.75, 3.05) is 5.32 Å². The van der Waals surface area contributed by atoms with Crippen molar-refractivity contribution in [3.63, 3.8) is 0 Å².